The van der Waals surface area contributed by atoms with Crippen LogP contribution in [-0.2, 0) is 9.53 Å². The number of esters is 1. The van der Waals surface area contributed by atoms with E-state index in [0.29, 0.717) is 5.57 Å². The van der Waals surface area contributed by atoms with E-state index in [4.69, 9.17) is 5.21 Å². The van der Waals surface area contributed by atoms with Crippen molar-refractivity contribution in [2.45, 2.75) is 13.8 Å². The molecule has 0 saturated carbocycles. The molecule has 0 rings (SSSR count). The molecule has 0 atom stereocenters. The van der Waals surface area contributed by atoms with Crippen LogP contribution in [-0.4, -0.2) is 24.5 Å². The average Bonchev–Trinajstić information content (AvgIpc) is 2.15. The molecule has 0 saturated heterocycles. The second kappa shape index (κ2) is 5.99. The maximum atomic E-state index is 11.0. The van der Waals surface area contributed by atoms with Gasteiger partial charge in [0.15, 0.2) is 0 Å². The molecule has 0 fully saturated rings. The van der Waals surface area contributed by atoms with E-state index in [9.17, 15) is 4.79 Å². The number of ether oxygens (including phenoxy) is 1. The first-order valence-electron chi connectivity index (χ1n) is 3.73. The molecule has 72 valence electrons. The summed E-state index contributed by atoms with van der Waals surface area (Å²) in [7, 11) is 1.33. The lowest BCUT2D eigenvalue weighted by Crippen LogP contribution is -2.03. The zero-order valence-electron chi connectivity index (χ0n) is 7.94. The molecular weight excluding hydrogens is 170 g/mol. The van der Waals surface area contributed by atoms with E-state index < -0.39 is 0 Å². The third kappa shape index (κ3) is 4.10. The minimum atomic E-state index is -0.358. The summed E-state index contributed by atoms with van der Waals surface area (Å²) < 4.78 is 4.53. The molecule has 0 heterocycles. The second-order valence-electron chi connectivity index (χ2n) is 2.42. The van der Waals surface area contributed by atoms with Crippen molar-refractivity contribution < 1.29 is 14.7 Å². The number of hydrogen-bond donors (Lipinski definition) is 1. The van der Waals surface area contributed by atoms with Gasteiger partial charge in [-0.25, -0.2) is 4.79 Å². The Hall–Kier alpha value is -1.58. The fraction of sp³-hybridized carbons (Fsp3) is 0.333. The van der Waals surface area contributed by atoms with Crippen LogP contribution < -0.4 is 0 Å². The van der Waals surface area contributed by atoms with Crippen LogP contribution in [0.5, 0.6) is 0 Å². The quantitative estimate of drug-likeness (QED) is 0.180. The van der Waals surface area contributed by atoms with Crippen LogP contribution in [0.2, 0.25) is 0 Å². The number of carbonyl (C=O) groups excluding carboxylic acids is 1. The number of allylic oxidation sites excluding steroid dienone is 3. The van der Waals surface area contributed by atoms with Crippen molar-refractivity contribution in [1.29, 1.82) is 0 Å². The van der Waals surface area contributed by atoms with E-state index in [1.165, 1.54) is 19.4 Å². The van der Waals surface area contributed by atoms with E-state index in [2.05, 4.69) is 9.89 Å². The number of rotatable bonds is 3. The number of methoxy groups -OCH3 is 1. The zero-order valence-corrected chi connectivity index (χ0v) is 7.94. The Morgan fingerprint density at radius 1 is 1.46 bits per heavy atom. The Morgan fingerprint density at radius 2 is 2.08 bits per heavy atom. The first-order chi connectivity index (χ1) is 6.13. The molecule has 4 nitrogen and oxygen atoms in total. The van der Waals surface area contributed by atoms with Crippen LogP contribution in [0.1, 0.15) is 13.8 Å². The third-order valence-electron chi connectivity index (χ3n) is 1.58. The summed E-state index contributed by atoms with van der Waals surface area (Å²) in [4.78, 5) is 11.0. The van der Waals surface area contributed by atoms with Crippen molar-refractivity contribution >= 4 is 12.2 Å². The van der Waals surface area contributed by atoms with Gasteiger partial charge >= 0.3 is 5.97 Å². The standard InChI is InChI=1S/C9H13NO3/c1-7(5-4-6-10-12)8(2)9(11)13-3/h4-6,12H,1-3H3/b5-4-,8-7+,10-6+. The van der Waals surface area contributed by atoms with Crippen molar-refractivity contribution in [3.05, 3.63) is 23.3 Å². The van der Waals surface area contributed by atoms with Gasteiger partial charge in [-0.05, 0) is 25.5 Å². The van der Waals surface area contributed by atoms with Gasteiger partial charge in [-0.1, -0.05) is 11.2 Å². The molecule has 13 heavy (non-hydrogen) atoms. The van der Waals surface area contributed by atoms with Crippen LogP contribution in [0.3, 0.4) is 0 Å². The molecule has 0 bridgehead atoms. The topological polar surface area (TPSA) is 58.9 Å². The molecule has 0 amide bonds. The fourth-order valence-corrected chi connectivity index (χ4v) is 0.665. The lowest BCUT2D eigenvalue weighted by Gasteiger charge is -2.00. The molecule has 0 aliphatic rings. The van der Waals surface area contributed by atoms with E-state index in [-0.39, 0.29) is 5.97 Å². The third-order valence-corrected chi connectivity index (χ3v) is 1.58. The lowest BCUT2D eigenvalue weighted by atomic mass is 10.1. The zero-order chi connectivity index (χ0) is 10.3. The molecule has 0 aromatic rings. The summed E-state index contributed by atoms with van der Waals surface area (Å²) in [6.07, 6.45) is 4.40. The van der Waals surface area contributed by atoms with Gasteiger partial charge in [0.05, 0.1) is 13.3 Å². The lowest BCUT2D eigenvalue weighted by molar-refractivity contribution is -0.136. The molecule has 0 unspecified atom stereocenters. The number of nitrogens with zero attached hydrogens (tertiary/aromatic N) is 1. The summed E-state index contributed by atoms with van der Waals surface area (Å²) in [5, 5.41) is 10.9. The van der Waals surface area contributed by atoms with Gasteiger partial charge in [0.1, 0.15) is 0 Å². The predicted octanol–water partition coefficient (Wildman–Crippen LogP) is 1.51. The minimum absolute atomic E-state index is 0.358. The monoisotopic (exact) mass is 183 g/mol. The Labute approximate surface area is 77.2 Å². The highest BCUT2D eigenvalue weighted by molar-refractivity contribution is 5.89. The summed E-state index contributed by atoms with van der Waals surface area (Å²) in [5.74, 6) is -0.358. The summed E-state index contributed by atoms with van der Waals surface area (Å²) in [5.41, 5.74) is 1.30. The van der Waals surface area contributed by atoms with Crippen LogP contribution in [0.4, 0.5) is 0 Å². The van der Waals surface area contributed by atoms with E-state index in [1.54, 1.807) is 19.9 Å². The number of hydrogen-bond acceptors (Lipinski definition) is 4. The molecule has 0 aromatic carbocycles. The minimum Gasteiger partial charge on any atom is -0.466 e. The smallest absolute Gasteiger partial charge is 0.333 e. The molecule has 0 aromatic heterocycles. The van der Waals surface area contributed by atoms with Gasteiger partial charge in [0.2, 0.25) is 0 Å². The van der Waals surface area contributed by atoms with Gasteiger partial charge < -0.3 is 9.94 Å². The van der Waals surface area contributed by atoms with E-state index in [0.717, 1.165) is 5.57 Å². The first kappa shape index (κ1) is 11.4. The van der Waals surface area contributed by atoms with E-state index >= 15 is 0 Å². The second-order valence-corrected chi connectivity index (χ2v) is 2.42. The molecule has 0 spiro atoms. The van der Waals surface area contributed by atoms with Crippen LogP contribution in [0, 0.1) is 0 Å². The van der Waals surface area contributed by atoms with Crippen LogP contribution >= 0.6 is 0 Å². The summed E-state index contributed by atoms with van der Waals surface area (Å²) in [6.45, 7) is 3.44. The van der Waals surface area contributed by atoms with Crippen molar-refractivity contribution in [2.75, 3.05) is 7.11 Å². The van der Waals surface area contributed by atoms with Crippen LogP contribution in [0.15, 0.2) is 28.5 Å². The van der Waals surface area contributed by atoms with Gasteiger partial charge in [-0.15, -0.1) is 0 Å². The van der Waals surface area contributed by atoms with Gasteiger partial charge in [-0.3, -0.25) is 0 Å². The molecular formula is C9H13NO3. The SMILES string of the molecule is COC(=O)/C(C)=C(C)/C=C\C=N\O. The summed E-state index contributed by atoms with van der Waals surface area (Å²) >= 11 is 0. The van der Waals surface area contributed by atoms with Crippen molar-refractivity contribution in [3.8, 4) is 0 Å². The molecule has 0 radical (unpaired) electrons. The molecule has 0 aliphatic heterocycles. The largest absolute Gasteiger partial charge is 0.466 e. The normalized spacial score (nSPS) is 13.5. The van der Waals surface area contributed by atoms with Gasteiger partial charge in [-0.2, -0.15) is 0 Å². The van der Waals surface area contributed by atoms with Gasteiger partial charge in [0, 0.05) is 5.57 Å². The Morgan fingerprint density at radius 3 is 2.54 bits per heavy atom. The molecule has 1 N–H and O–H groups in total. The first-order valence-corrected chi connectivity index (χ1v) is 3.73. The van der Waals surface area contributed by atoms with E-state index in [1.807, 2.05) is 0 Å². The number of carbonyl (C=O) groups is 1. The van der Waals surface area contributed by atoms with Crippen molar-refractivity contribution in [1.82, 2.24) is 0 Å². The van der Waals surface area contributed by atoms with Crippen molar-refractivity contribution in [3.63, 3.8) is 0 Å². The Kier molecular flexibility index (Phi) is 5.27. The predicted molar refractivity (Wildman–Crippen MR) is 49.8 cm³/mol. The average molecular weight is 183 g/mol. The fourth-order valence-electron chi connectivity index (χ4n) is 0.665. The Bertz CT molecular complexity index is 264. The maximum absolute atomic E-state index is 11.0. The highest BCUT2D eigenvalue weighted by Gasteiger charge is 2.04. The summed E-state index contributed by atoms with van der Waals surface area (Å²) in [6, 6.07) is 0. The highest BCUT2D eigenvalue weighted by Crippen LogP contribution is 2.05. The van der Waals surface area contributed by atoms with Crippen molar-refractivity contribution in [2.24, 2.45) is 5.16 Å². The Balaban J connectivity index is 4.52. The van der Waals surface area contributed by atoms with Gasteiger partial charge in [0.25, 0.3) is 0 Å². The van der Waals surface area contributed by atoms with Crippen LogP contribution in [0.25, 0.3) is 0 Å². The number of oxime groups is 1. The molecule has 4 heteroatoms. The molecule has 0 aliphatic carbocycles. The highest BCUT2D eigenvalue weighted by atomic mass is 16.5. The maximum Gasteiger partial charge on any atom is 0.333 e.